The summed E-state index contributed by atoms with van der Waals surface area (Å²) >= 11 is 3.44. The van der Waals surface area contributed by atoms with E-state index in [4.69, 9.17) is 19.2 Å². The number of likely N-dealkylation sites (tertiary alicyclic amines) is 1. The zero-order valence-corrected chi connectivity index (χ0v) is 28.7. The average molecular weight is 699 g/mol. The van der Waals surface area contributed by atoms with Gasteiger partial charge < -0.3 is 28.6 Å². The minimum Gasteiger partial charge on any atom is -0.476 e. The van der Waals surface area contributed by atoms with Gasteiger partial charge in [-0.3, -0.25) is 4.79 Å². The van der Waals surface area contributed by atoms with Gasteiger partial charge in [0.25, 0.3) is 0 Å². The fraction of sp³-hybridized carbons (Fsp3) is 0.588. The number of nitrogens with zero attached hydrogens (tertiary/aromatic N) is 5. The zero-order valence-electron chi connectivity index (χ0n) is 27.1. The Balaban J connectivity index is 1.53. The standard InChI is InChI=1S/C34H41BrFN5O5/c1-34(2,3)46-33(43)40-17-20-15-25(40)30(20)41-21(10-11-26(42)44-5)16-24-31(41)23-14-19(8-6-12-37)27(35)28(36)29(23)38-32(24)45-18-22-9-7-13-39(22)4/h14,16,20,22,25,30H,6-11,13,15,17-18H2,1-5H3. The number of carbonyl (C=O) groups is 2. The van der Waals surface area contributed by atoms with Gasteiger partial charge in [-0.1, -0.05) is 0 Å². The van der Waals surface area contributed by atoms with E-state index in [0.717, 1.165) is 42.4 Å². The minimum atomic E-state index is -0.627. The fourth-order valence-electron chi connectivity index (χ4n) is 7.35. The van der Waals surface area contributed by atoms with E-state index in [2.05, 4.69) is 38.5 Å². The second kappa shape index (κ2) is 12.6. The van der Waals surface area contributed by atoms with Crippen LogP contribution in [0.4, 0.5) is 9.18 Å². The summed E-state index contributed by atoms with van der Waals surface area (Å²) in [4.78, 5) is 34.5. The van der Waals surface area contributed by atoms with Crippen molar-refractivity contribution in [2.24, 2.45) is 5.92 Å². The van der Waals surface area contributed by atoms with Crippen molar-refractivity contribution in [2.75, 3.05) is 33.9 Å². The Labute approximate surface area is 276 Å². The van der Waals surface area contributed by atoms with Crippen molar-refractivity contribution in [1.29, 1.82) is 5.26 Å². The quantitative estimate of drug-likeness (QED) is 0.240. The third kappa shape index (κ3) is 5.92. The second-order valence-electron chi connectivity index (χ2n) is 13.8. The number of fused-ring (bicyclic) bond motifs is 4. The highest BCUT2D eigenvalue weighted by Gasteiger charge is 2.56. The molecule has 3 saturated heterocycles. The molecular weight excluding hydrogens is 657 g/mol. The molecular formula is C34H41BrFN5O5. The monoisotopic (exact) mass is 697 g/mol. The molecule has 4 aliphatic rings. The highest BCUT2D eigenvalue weighted by atomic mass is 79.9. The van der Waals surface area contributed by atoms with Gasteiger partial charge in [-0.15, -0.1) is 0 Å². The number of halogens is 2. The van der Waals surface area contributed by atoms with Crippen LogP contribution < -0.4 is 4.74 Å². The molecule has 3 aromatic rings. The van der Waals surface area contributed by atoms with Crippen LogP contribution in [-0.4, -0.2) is 83.0 Å². The maximum atomic E-state index is 16.2. The molecule has 0 N–H and O–H groups in total. The number of methoxy groups -OCH3 is 1. The molecule has 0 spiro atoms. The first-order valence-electron chi connectivity index (χ1n) is 16.0. The SMILES string of the molecule is COC(=O)CCc1cc2c(OCC3CCCN3C)nc3c(F)c(Br)c(CCC#N)cc3c2n1C1C2CC1N(C(=O)OC(C)(C)C)C2. The van der Waals surface area contributed by atoms with Crippen LogP contribution in [0.2, 0.25) is 0 Å². The van der Waals surface area contributed by atoms with Crippen LogP contribution in [0, 0.1) is 23.1 Å². The smallest absolute Gasteiger partial charge is 0.410 e. The summed E-state index contributed by atoms with van der Waals surface area (Å²) in [5, 5.41) is 10.6. The van der Waals surface area contributed by atoms with E-state index in [9.17, 15) is 14.9 Å². The van der Waals surface area contributed by atoms with Gasteiger partial charge in [-0.05, 0) is 100 Å². The molecule has 2 bridgehead atoms. The Bertz CT molecular complexity index is 1730. The van der Waals surface area contributed by atoms with Crippen molar-refractivity contribution in [3.8, 4) is 11.9 Å². The lowest BCUT2D eigenvalue weighted by atomic mass is 9.79. The number of hydrogen-bond acceptors (Lipinski definition) is 8. The van der Waals surface area contributed by atoms with Crippen molar-refractivity contribution in [2.45, 2.75) is 89.4 Å². The molecule has 4 atom stereocenters. The molecule has 246 valence electrons. The third-order valence-electron chi connectivity index (χ3n) is 9.65. The van der Waals surface area contributed by atoms with Gasteiger partial charge in [0, 0.05) is 36.0 Å². The van der Waals surface area contributed by atoms with Gasteiger partial charge >= 0.3 is 12.1 Å². The van der Waals surface area contributed by atoms with Crippen molar-refractivity contribution < 1.29 is 28.2 Å². The first-order chi connectivity index (χ1) is 21.9. The van der Waals surface area contributed by atoms with E-state index in [1.165, 1.54) is 7.11 Å². The summed E-state index contributed by atoms with van der Waals surface area (Å²) in [6.07, 6.45) is 3.72. The third-order valence-corrected chi connectivity index (χ3v) is 10.5. The number of esters is 1. The summed E-state index contributed by atoms with van der Waals surface area (Å²) in [6.45, 7) is 7.52. The van der Waals surface area contributed by atoms with E-state index in [0.29, 0.717) is 42.8 Å². The topological polar surface area (TPSA) is 110 Å². The van der Waals surface area contributed by atoms with Crippen LogP contribution in [0.1, 0.15) is 70.2 Å². The lowest BCUT2D eigenvalue weighted by Crippen LogP contribution is -2.44. The van der Waals surface area contributed by atoms with Crippen LogP contribution in [0.15, 0.2) is 16.6 Å². The van der Waals surface area contributed by atoms with Crippen molar-refractivity contribution in [1.82, 2.24) is 19.4 Å². The molecule has 4 fully saturated rings. The van der Waals surface area contributed by atoms with E-state index in [1.807, 2.05) is 37.8 Å². The average Bonchev–Trinajstić information content (AvgIpc) is 3.78. The van der Waals surface area contributed by atoms with Crippen molar-refractivity contribution in [3.05, 3.63) is 33.7 Å². The van der Waals surface area contributed by atoms with Gasteiger partial charge in [-0.25, -0.2) is 14.2 Å². The van der Waals surface area contributed by atoms with Gasteiger partial charge in [0.1, 0.15) is 17.7 Å². The molecule has 4 unspecified atom stereocenters. The maximum Gasteiger partial charge on any atom is 0.410 e. The van der Waals surface area contributed by atoms with Crippen LogP contribution in [0.5, 0.6) is 5.88 Å². The lowest BCUT2D eigenvalue weighted by Gasteiger charge is -2.39. The molecule has 1 amide bonds. The summed E-state index contributed by atoms with van der Waals surface area (Å²) < 4.78 is 35.9. The number of carbonyl (C=O) groups excluding carboxylic acids is 2. The lowest BCUT2D eigenvalue weighted by molar-refractivity contribution is -0.140. The van der Waals surface area contributed by atoms with Crippen molar-refractivity contribution in [3.63, 3.8) is 0 Å². The van der Waals surface area contributed by atoms with E-state index >= 15 is 4.39 Å². The van der Waals surface area contributed by atoms with E-state index < -0.39 is 11.4 Å². The highest BCUT2D eigenvalue weighted by Crippen LogP contribution is 2.53. The number of benzene rings is 1. The fourth-order valence-corrected chi connectivity index (χ4v) is 7.85. The number of rotatable bonds is 9. The number of pyridine rings is 1. The Morgan fingerprint density at radius 1 is 1.22 bits per heavy atom. The maximum absolute atomic E-state index is 16.2. The van der Waals surface area contributed by atoms with Crippen LogP contribution in [-0.2, 0) is 27.1 Å². The van der Waals surface area contributed by atoms with Crippen LogP contribution in [0.25, 0.3) is 21.8 Å². The number of likely N-dealkylation sites (N-methyl/N-ethyl adjacent to an activating group) is 1. The number of hydrogen-bond donors (Lipinski definition) is 0. The van der Waals surface area contributed by atoms with Gasteiger partial charge in [0.05, 0.1) is 47.1 Å². The Kier molecular flexibility index (Phi) is 8.93. The molecule has 10 nitrogen and oxygen atoms in total. The molecule has 0 radical (unpaired) electrons. The Morgan fingerprint density at radius 2 is 2.00 bits per heavy atom. The molecule has 5 heterocycles. The molecule has 2 aromatic heterocycles. The molecule has 1 aromatic carbocycles. The number of amides is 1. The van der Waals surface area contributed by atoms with Crippen LogP contribution in [0.3, 0.4) is 0 Å². The number of aryl methyl sites for hydroxylation is 2. The Morgan fingerprint density at radius 3 is 2.67 bits per heavy atom. The summed E-state index contributed by atoms with van der Waals surface area (Å²) in [7, 11) is 3.45. The van der Waals surface area contributed by atoms with Gasteiger partial charge in [-0.2, -0.15) is 5.26 Å². The van der Waals surface area contributed by atoms with E-state index in [-0.39, 0.29) is 58.9 Å². The first-order valence-corrected chi connectivity index (χ1v) is 16.8. The number of ether oxygens (including phenoxy) is 3. The normalized spacial score (nSPS) is 22.7. The molecule has 7 rings (SSSR count). The van der Waals surface area contributed by atoms with Gasteiger partial charge in [0.2, 0.25) is 5.88 Å². The van der Waals surface area contributed by atoms with Gasteiger partial charge in [0.15, 0.2) is 5.82 Å². The molecule has 1 saturated carbocycles. The minimum absolute atomic E-state index is 0.105. The van der Waals surface area contributed by atoms with Crippen molar-refractivity contribution >= 4 is 49.8 Å². The molecule has 3 aliphatic heterocycles. The number of nitriles is 1. The predicted molar refractivity (Wildman–Crippen MR) is 174 cm³/mol. The summed E-state index contributed by atoms with van der Waals surface area (Å²) in [5.74, 6) is -0.345. The van der Waals surface area contributed by atoms with Crippen LogP contribution >= 0.6 is 15.9 Å². The zero-order chi connectivity index (χ0) is 32.9. The highest BCUT2D eigenvalue weighted by molar-refractivity contribution is 9.10. The Hall–Kier alpha value is -3.43. The molecule has 12 heteroatoms. The summed E-state index contributed by atoms with van der Waals surface area (Å²) in [5.41, 5.74) is 1.84. The number of aromatic nitrogens is 2. The predicted octanol–water partition coefficient (Wildman–Crippen LogP) is 6.31. The van der Waals surface area contributed by atoms with E-state index in [1.54, 1.807) is 0 Å². The largest absolute Gasteiger partial charge is 0.476 e. The summed E-state index contributed by atoms with van der Waals surface area (Å²) in [6, 6.07) is 6.08. The molecule has 46 heavy (non-hydrogen) atoms. The molecule has 1 aliphatic carbocycles. The first kappa shape index (κ1) is 32.5. The second-order valence-corrected chi connectivity index (χ2v) is 14.5.